The highest BCUT2D eigenvalue weighted by Crippen LogP contribution is 2.29. The predicted molar refractivity (Wildman–Crippen MR) is 117 cm³/mol. The Morgan fingerprint density at radius 2 is 1.75 bits per heavy atom. The van der Waals surface area contributed by atoms with Gasteiger partial charge in [0, 0.05) is 18.7 Å². The maximum absolute atomic E-state index is 13.1. The molecule has 0 saturated heterocycles. The second-order valence-corrected chi connectivity index (χ2v) is 9.43. The summed E-state index contributed by atoms with van der Waals surface area (Å²) in [6, 6.07) is 18.8. The van der Waals surface area contributed by atoms with E-state index in [-0.39, 0.29) is 27.4 Å². The molecular weight excluding hydrogens is 428 g/mol. The van der Waals surface area contributed by atoms with E-state index >= 15 is 0 Å². The standard InChI is InChI=1S/C23H20N4O4S/c1-31-22-15-19(13-14-24-22)32(29,30)18-9-7-17(8-10-18)27-23(28)26-20(11-12-21(26)25-27)16-5-3-2-4-6-16/h2-10,13-15,20H,11-12H2,1H3. The van der Waals surface area contributed by atoms with E-state index in [4.69, 9.17) is 4.74 Å². The second kappa shape index (κ2) is 7.76. The van der Waals surface area contributed by atoms with Gasteiger partial charge in [-0.25, -0.2) is 18.2 Å². The lowest BCUT2D eigenvalue weighted by molar-refractivity contribution is 0.396. The average molecular weight is 449 g/mol. The van der Waals surface area contributed by atoms with Crippen molar-refractivity contribution in [2.75, 3.05) is 7.11 Å². The van der Waals surface area contributed by atoms with Gasteiger partial charge in [-0.15, -0.1) is 5.10 Å². The van der Waals surface area contributed by atoms with Crippen LogP contribution in [0.25, 0.3) is 5.69 Å². The number of aromatic nitrogens is 4. The van der Waals surface area contributed by atoms with Crippen molar-refractivity contribution in [3.8, 4) is 11.6 Å². The topological polar surface area (TPSA) is 96.1 Å². The lowest BCUT2D eigenvalue weighted by Crippen LogP contribution is -2.26. The second-order valence-electron chi connectivity index (χ2n) is 7.48. The van der Waals surface area contributed by atoms with Gasteiger partial charge in [-0.05, 0) is 42.3 Å². The molecular formula is C23H20N4O4S. The van der Waals surface area contributed by atoms with Crippen molar-refractivity contribution in [2.24, 2.45) is 0 Å². The molecule has 0 bridgehead atoms. The zero-order valence-electron chi connectivity index (χ0n) is 17.2. The van der Waals surface area contributed by atoms with Crippen LogP contribution in [0.3, 0.4) is 0 Å². The maximum atomic E-state index is 13.1. The van der Waals surface area contributed by atoms with Gasteiger partial charge in [-0.2, -0.15) is 4.68 Å². The van der Waals surface area contributed by atoms with Crippen molar-refractivity contribution in [3.63, 3.8) is 0 Å². The van der Waals surface area contributed by atoms with Crippen LogP contribution in [0.5, 0.6) is 5.88 Å². The summed E-state index contributed by atoms with van der Waals surface area (Å²) in [6.45, 7) is 0. The Labute approximate surface area is 184 Å². The SMILES string of the molecule is COc1cc(S(=O)(=O)c2ccc(-n3nc4n(c3=O)C(c3ccccc3)CC4)cc2)ccn1. The van der Waals surface area contributed by atoms with Crippen molar-refractivity contribution in [3.05, 3.63) is 94.8 Å². The summed E-state index contributed by atoms with van der Waals surface area (Å²) in [7, 11) is -2.33. The molecule has 0 amide bonds. The van der Waals surface area contributed by atoms with Crippen LogP contribution in [0.4, 0.5) is 0 Å². The molecule has 0 fully saturated rings. The number of pyridine rings is 1. The first kappa shape index (κ1) is 20.2. The summed E-state index contributed by atoms with van der Waals surface area (Å²) in [5.74, 6) is 0.944. The van der Waals surface area contributed by atoms with E-state index in [1.54, 1.807) is 16.7 Å². The van der Waals surface area contributed by atoms with Gasteiger partial charge < -0.3 is 4.74 Å². The molecule has 3 heterocycles. The normalized spacial score (nSPS) is 15.5. The summed E-state index contributed by atoms with van der Waals surface area (Å²) < 4.78 is 34.0. The minimum absolute atomic E-state index is 0.0474. The Kier molecular flexibility index (Phi) is 4.90. The zero-order valence-corrected chi connectivity index (χ0v) is 18.1. The lowest BCUT2D eigenvalue weighted by Gasteiger charge is -2.12. The van der Waals surface area contributed by atoms with Crippen LogP contribution in [0.1, 0.15) is 23.9 Å². The molecule has 0 aliphatic carbocycles. The summed E-state index contributed by atoms with van der Waals surface area (Å²) >= 11 is 0. The highest BCUT2D eigenvalue weighted by atomic mass is 32.2. The number of benzene rings is 2. The van der Waals surface area contributed by atoms with Crippen molar-refractivity contribution < 1.29 is 13.2 Å². The number of sulfone groups is 1. The maximum Gasteiger partial charge on any atom is 0.351 e. The van der Waals surface area contributed by atoms with Crippen molar-refractivity contribution in [2.45, 2.75) is 28.7 Å². The van der Waals surface area contributed by atoms with Gasteiger partial charge in [0.25, 0.3) is 0 Å². The fraction of sp³-hybridized carbons (Fsp3) is 0.174. The molecule has 1 unspecified atom stereocenters. The number of ether oxygens (including phenoxy) is 1. The van der Waals surface area contributed by atoms with E-state index < -0.39 is 9.84 Å². The largest absolute Gasteiger partial charge is 0.481 e. The molecule has 0 spiro atoms. The third kappa shape index (κ3) is 3.31. The third-order valence-corrected chi connectivity index (χ3v) is 7.40. The molecule has 1 atom stereocenters. The molecule has 8 nitrogen and oxygen atoms in total. The number of rotatable bonds is 5. The van der Waals surface area contributed by atoms with Crippen LogP contribution >= 0.6 is 0 Å². The fourth-order valence-electron chi connectivity index (χ4n) is 4.03. The first-order chi connectivity index (χ1) is 15.5. The van der Waals surface area contributed by atoms with Gasteiger partial charge in [0.1, 0.15) is 5.82 Å². The Balaban J connectivity index is 1.49. The molecule has 5 rings (SSSR count). The van der Waals surface area contributed by atoms with E-state index in [2.05, 4.69) is 10.1 Å². The minimum atomic E-state index is -3.75. The number of fused-ring (bicyclic) bond motifs is 1. The van der Waals surface area contributed by atoms with Gasteiger partial charge >= 0.3 is 5.69 Å². The number of hydrogen-bond acceptors (Lipinski definition) is 6. The molecule has 9 heteroatoms. The van der Waals surface area contributed by atoms with Crippen LogP contribution in [-0.2, 0) is 16.3 Å². The van der Waals surface area contributed by atoms with Crippen molar-refractivity contribution in [1.29, 1.82) is 0 Å². The molecule has 0 saturated carbocycles. The molecule has 32 heavy (non-hydrogen) atoms. The molecule has 1 aliphatic rings. The van der Waals surface area contributed by atoms with Gasteiger partial charge in [0.15, 0.2) is 0 Å². The molecule has 4 aromatic rings. The zero-order chi connectivity index (χ0) is 22.3. The first-order valence-corrected chi connectivity index (χ1v) is 11.6. The van der Waals surface area contributed by atoms with E-state index in [9.17, 15) is 13.2 Å². The minimum Gasteiger partial charge on any atom is -0.481 e. The molecule has 0 N–H and O–H groups in total. The highest BCUT2D eigenvalue weighted by molar-refractivity contribution is 7.91. The molecule has 1 aliphatic heterocycles. The summed E-state index contributed by atoms with van der Waals surface area (Å²) in [5, 5.41) is 4.50. The van der Waals surface area contributed by atoms with Crippen molar-refractivity contribution >= 4 is 9.84 Å². The quantitative estimate of drug-likeness (QED) is 0.466. The Morgan fingerprint density at radius 3 is 2.47 bits per heavy atom. The van der Waals surface area contributed by atoms with Crippen molar-refractivity contribution in [1.82, 2.24) is 19.3 Å². The third-order valence-electron chi connectivity index (χ3n) is 5.64. The Bertz CT molecular complexity index is 1440. The summed E-state index contributed by atoms with van der Waals surface area (Å²) in [6.07, 6.45) is 2.92. The highest BCUT2D eigenvalue weighted by Gasteiger charge is 2.29. The average Bonchev–Trinajstić information content (AvgIpc) is 3.40. The van der Waals surface area contributed by atoms with Gasteiger partial charge in [-0.1, -0.05) is 30.3 Å². The fourth-order valence-corrected chi connectivity index (χ4v) is 5.29. The van der Waals surface area contributed by atoms with Gasteiger partial charge in [0.2, 0.25) is 15.7 Å². The van der Waals surface area contributed by atoms with Crippen LogP contribution in [0.15, 0.2) is 87.5 Å². The smallest absolute Gasteiger partial charge is 0.351 e. The molecule has 2 aromatic heterocycles. The number of methoxy groups -OCH3 is 1. The Morgan fingerprint density at radius 1 is 1.00 bits per heavy atom. The van der Waals surface area contributed by atoms with E-state index in [1.807, 2.05) is 30.3 Å². The van der Waals surface area contributed by atoms with Crippen LogP contribution in [0.2, 0.25) is 0 Å². The molecule has 0 radical (unpaired) electrons. The lowest BCUT2D eigenvalue weighted by atomic mass is 10.1. The summed E-state index contributed by atoms with van der Waals surface area (Å²) in [5.41, 5.74) is 1.35. The number of hydrogen-bond donors (Lipinski definition) is 0. The van der Waals surface area contributed by atoms with E-state index in [0.29, 0.717) is 12.1 Å². The molecule has 2 aromatic carbocycles. The number of aryl methyl sites for hydroxylation is 1. The predicted octanol–water partition coefficient (Wildman–Crippen LogP) is 2.81. The summed E-state index contributed by atoms with van der Waals surface area (Å²) in [4.78, 5) is 17.3. The first-order valence-electron chi connectivity index (χ1n) is 10.1. The monoisotopic (exact) mass is 448 g/mol. The van der Waals surface area contributed by atoms with E-state index in [1.165, 1.54) is 42.3 Å². The Hall–Kier alpha value is -3.72. The van der Waals surface area contributed by atoms with Gasteiger partial charge in [0.05, 0.1) is 28.6 Å². The van der Waals surface area contributed by atoms with Crippen LogP contribution < -0.4 is 10.4 Å². The van der Waals surface area contributed by atoms with E-state index in [0.717, 1.165) is 17.8 Å². The van der Waals surface area contributed by atoms with Crippen LogP contribution in [-0.4, -0.2) is 34.9 Å². The van der Waals surface area contributed by atoms with Crippen LogP contribution in [0, 0.1) is 0 Å². The molecule has 162 valence electrons. The number of nitrogens with zero attached hydrogens (tertiary/aromatic N) is 4. The van der Waals surface area contributed by atoms with Gasteiger partial charge in [-0.3, -0.25) is 4.57 Å².